The van der Waals surface area contributed by atoms with Crippen LogP contribution in [0.5, 0.6) is 0 Å². The molecule has 0 atom stereocenters. The van der Waals surface area contributed by atoms with Gasteiger partial charge in [0.2, 0.25) is 5.91 Å². The fourth-order valence-electron chi connectivity index (χ4n) is 1.70. The summed E-state index contributed by atoms with van der Waals surface area (Å²) in [6, 6.07) is 3.41. The third-order valence-electron chi connectivity index (χ3n) is 2.74. The van der Waals surface area contributed by atoms with Gasteiger partial charge in [0, 0.05) is 28.6 Å². The molecule has 0 heterocycles. The summed E-state index contributed by atoms with van der Waals surface area (Å²) in [5.74, 6) is -0.341. The predicted molar refractivity (Wildman–Crippen MR) is 87.4 cm³/mol. The SMILES string of the molecule is CCCC(=O)Nc1cc(Cl)c(Br)cc1COC(=O)CCC. The maximum absolute atomic E-state index is 11.7. The molecule has 116 valence electrons. The predicted octanol–water partition coefficient (Wildman–Crippen LogP) is 4.68. The van der Waals surface area contributed by atoms with E-state index in [2.05, 4.69) is 21.2 Å². The molecular formula is C15H19BrClNO3. The Balaban J connectivity index is 2.86. The molecule has 1 rings (SSSR count). The molecule has 0 fully saturated rings. The molecule has 0 spiro atoms. The number of halogens is 2. The fraction of sp³-hybridized carbons (Fsp3) is 0.467. The second-order valence-corrected chi connectivity index (χ2v) is 5.89. The van der Waals surface area contributed by atoms with E-state index in [1.54, 1.807) is 12.1 Å². The monoisotopic (exact) mass is 375 g/mol. The zero-order valence-corrected chi connectivity index (χ0v) is 14.5. The summed E-state index contributed by atoms with van der Waals surface area (Å²) in [5, 5.41) is 3.29. The van der Waals surface area contributed by atoms with Crippen LogP contribution in [0, 0.1) is 0 Å². The number of nitrogens with one attached hydrogen (secondary N) is 1. The van der Waals surface area contributed by atoms with Crippen molar-refractivity contribution < 1.29 is 14.3 Å². The van der Waals surface area contributed by atoms with Crippen molar-refractivity contribution in [2.24, 2.45) is 0 Å². The number of benzene rings is 1. The van der Waals surface area contributed by atoms with E-state index in [0.717, 1.165) is 12.8 Å². The maximum Gasteiger partial charge on any atom is 0.306 e. The molecule has 1 aromatic rings. The topological polar surface area (TPSA) is 55.4 Å². The summed E-state index contributed by atoms with van der Waals surface area (Å²) in [6.45, 7) is 3.95. The number of anilines is 1. The highest BCUT2D eigenvalue weighted by atomic mass is 79.9. The van der Waals surface area contributed by atoms with E-state index in [-0.39, 0.29) is 18.5 Å². The average Bonchev–Trinajstić information content (AvgIpc) is 2.41. The molecule has 0 saturated heterocycles. The van der Waals surface area contributed by atoms with Crippen LogP contribution in [0.4, 0.5) is 5.69 Å². The highest BCUT2D eigenvalue weighted by Crippen LogP contribution is 2.30. The molecule has 0 bridgehead atoms. The number of rotatable bonds is 7. The first-order chi connectivity index (χ1) is 9.97. The maximum atomic E-state index is 11.7. The Morgan fingerprint density at radius 1 is 1.24 bits per heavy atom. The van der Waals surface area contributed by atoms with Crippen molar-refractivity contribution in [2.75, 3.05) is 5.32 Å². The van der Waals surface area contributed by atoms with Gasteiger partial charge in [-0.25, -0.2) is 0 Å². The van der Waals surface area contributed by atoms with Crippen LogP contribution < -0.4 is 5.32 Å². The standard InChI is InChI=1S/C15H19BrClNO3/c1-3-5-14(19)18-13-8-12(17)11(16)7-10(13)9-21-15(20)6-4-2/h7-8H,3-6,9H2,1-2H3,(H,18,19). The van der Waals surface area contributed by atoms with Gasteiger partial charge in [0.25, 0.3) is 0 Å². The zero-order valence-electron chi connectivity index (χ0n) is 12.2. The first-order valence-electron chi connectivity index (χ1n) is 6.91. The van der Waals surface area contributed by atoms with E-state index < -0.39 is 0 Å². The minimum Gasteiger partial charge on any atom is -0.461 e. The van der Waals surface area contributed by atoms with Gasteiger partial charge in [-0.1, -0.05) is 25.4 Å². The molecule has 0 radical (unpaired) electrons. The Bertz CT molecular complexity index is 520. The molecule has 1 N–H and O–H groups in total. The average molecular weight is 377 g/mol. The summed E-state index contributed by atoms with van der Waals surface area (Å²) < 4.78 is 5.89. The van der Waals surface area contributed by atoms with E-state index in [1.165, 1.54) is 0 Å². The first kappa shape index (κ1) is 18.0. The first-order valence-corrected chi connectivity index (χ1v) is 8.08. The van der Waals surface area contributed by atoms with Crippen LogP contribution in [0.25, 0.3) is 0 Å². The molecule has 6 heteroatoms. The third kappa shape index (κ3) is 6.06. The lowest BCUT2D eigenvalue weighted by Crippen LogP contribution is -2.13. The summed E-state index contributed by atoms with van der Waals surface area (Å²) in [6.07, 6.45) is 2.31. The fourth-order valence-corrected chi connectivity index (χ4v) is 2.25. The van der Waals surface area contributed by atoms with Gasteiger partial charge in [-0.15, -0.1) is 0 Å². The number of hydrogen-bond acceptors (Lipinski definition) is 3. The largest absolute Gasteiger partial charge is 0.461 e. The van der Waals surface area contributed by atoms with Gasteiger partial charge in [-0.05, 0) is 40.9 Å². The highest BCUT2D eigenvalue weighted by Gasteiger charge is 2.12. The van der Waals surface area contributed by atoms with Crippen molar-refractivity contribution in [1.82, 2.24) is 0 Å². The minimum atomic E-state index is -0.255. The molecule has 0 aliphatic rings. The second kappa shape index (κ2) is 9.05. The van der Waals surface area contributed by atoms with Gasteiger partial charge >= 0.3 is 5.97 Å². The van der Waals surface area contributed by atoms with E-state index in [0.29, 0.717) is 33.6 Å². The summed E-state index contributed by atoms with van der Waals surface area (Å²) in [4.78, 5) is 23.2. The van der Waals surface area contributed by atoms with Crippen LogP contribution in [0.3, 0.4) is 0 Å². The van der Waals surface area contributed by atoms with Crippen molar-refractivity contribution in [2.45, 2.75) is 46.1 Å². The smallest absolute Gasteiger partial charge is 0.306 e. The Labute approximate surface area is 138 Å². The molecule has 0 aromatic heterocycles. The lowest BCUT2D eigenvalue weighted by molar-refractivity contribution is -0.144. The normalized spacial score (nSPS) is 10.3. The molecule has 1 aromatic carbocycles. The number of ether oxygens (including phenoxy) is 1. The van der Waals surface area contributed by atoms with E-state index in [4.69, 9.17) is 16.3 Å². The molecule has 1 amide bonds. The van der Waals surface area contributed by atoms with E-state index in [9.17, 15) is 9.59 Å². The van der Waals surface area contributed by atoms with Gasteiger partial charge in [0.15, 0.2) is 0 Å². The van der Waals surface area contributed by atoms with Gasteiger partial charge in [-0.2, -0.15) is 0 Å². The third-order valence-corrected chi connectivity index (χ3v) is 3.94. The number of hydrogen-bond donors (Lipinski definition) is 1. The molecular weight excluding hydrogens is 358 g/mol. The van der Waals surface area contributed by atoms with Crippen LogP contribution in [0.15, 0.2) is 16.6 Å². The lowest BCUT2D eigenvalue weighted by atomic mass is 10.1. The van der Waals surface area contributed by atoms with Gasteiger partial charge in [-0.3, -0.25) is 9.59 Å². The molecule has 4 nitrogen and oxygen atoms in total. The summed E-state index contributed by atoms with van der Waals surface area (Å²) in [7, 11) is 0. The van der Waals surface area contributed by atoms with Crippen LogP contribution in [-0.4, -0.2) is 11.9 Å². The van der Waals surface area contributed by atoms with Crippen molar-refractivity contribution in [1.29, 1.82) is 0 Å². The molecule has 21 heavy (non-hydrogen) atoms. The quantitative estimate of drug-likeness (QED) is 0.703. The van der Waals surface area contributed by atoms with Crippen LogP contribution in [0.2, 0.25) is 5.02 Å². The Hall–Kier alpha value is -1.07. The Morgan fingerprint density at radius 3 is 2.52 bits per heavy atom. The van der Waals surface area contributed by atoms with E-state index in [1.807, 2.05) is 13.8 Å². The summed E-state index contributed by atoms with van der Waals surface area (Å²) >= 11 is 9.38. The minimum absolute atomic E-state index is 0.0861. The molecule has 0 saturated carbocycles. The van der Waals surface area contributed by atoms with Gasteiger partial charge < -0.3 is 10.1 Å². The number of carbonyl (C=O) groups excluding carboxylic acids is 2. The van der Waals surface area contributed by atoms with Crippen molar-refractivity contribution in [3.63, 3.8) is 0 Å². The van der Waals surface area contributed by atoms with Gasteiger partial charge in [0.05, 0.1) is 5.02 Å². The number of esters is 1. The van der Waals surface area contributed by atoms with Gasteiger partial charge in [0.1, 0.15) is 6.61 Å². The van der Waals surface area contributed by atoms with E-state index >= 15 is 0 Å². The van der Waals surface area contributed by atoms with Crippen LogP contribution in [0.1, 0.15) is 45.1 Å². The van der Waals surface area contributed by atoms with Crippen molar-refractivity contribution in [3.8, 4) is 0 Å². The zero-order chi connectivity index (χ0) is 15.8. The Morgan fingerprint density at radius 2 is 1.90 bits per heavy atom. The molecule has 0 unspecified atom stereocenters. The summed E-state index contributed by atoms with van der Waals surface area (Å²) in [5.41, 5.74) is 1.28. The number of amides is 1. The van der Waals surface area contributed by atoms with Crippen molar-refractivity contribution >= 4 is 45.1 Å². The van der Waals surface area contributed by atoms with Crippen LogP contribution >= 0.6 is 27.5 Å². The lowest BCUT2D eigenvalue weighted by Gasteiger charge is -2.13. The molecule has 0 aliphatic heterocycles. The highest BCUT2D eigenvalue weighted by molar-refractivity contribution is 9.10. The second-order valence-electron chi connectivity index (χ2n) is 4.63. The van der Waals surface area contributed by atoms with Crippen molar-refractivity contribution in [3.05, 3.63) is 27.2 Å². The Kier molecular flexibility index (Phi) is 7.75. The molecule has 0 aliphatic carbocycles. The number of carbonyl (C=O) groups is 2. The van der Waals surface area contributed by atoms with Crippen LogP contribution in [-0.2, 0) is 20.9 Å².